The van der Waals surface area contributed by atoms with Crippen molar-refractivity contribution in [1.82, 2.24) is 4.98 Å². The molecule has 1 aromatic heterocycles. The summed E-state index contributed by atoms with van der Waals surface area (Å²) in [4.78, 5) is 3.65. The minimum absolute atomic E-state index is 0.109. The van der Waals surface area contributed by atoms with Crippen molar-refractivity contribution in [3.63, 3.8) is 0 Å². The van der Waals surface area contributed by atoms with E-state index in [1.807, 2.05) is 30.3 Å². The van der Waals surface area contributed by atoms with Crippen LogP contribution in [0, 0.1) is 6.92 Å². The second kappa shape index (κ2) is 12.3. The van der Waals surface area contributed by atoms with Crippen molar-refractivity contribution in [2.75, 3.05) is 0 Å². The molecule has 52 heavy (non-hydrogen) atoms. The normalized spacial score (nSPS) is 13.3. The van der Waals surface area contributed by atoms with Gasteiger partial charge in [0.25, 0.3) is 0 Å². The van der Waals surface area contributed by atoms with E-state index in [-0.39, 0.29) is 5.92 Å². The number of nitrogens with one attached hydrogen (secondary N) is 1. The van der Waals surface area contributed by atoms with Crippen LogP contribution < -0.4 is 4.74 Å². The number of H-pyrrole nitrogens is 1. The van der Waals surface area contributed by atoms with Crippen molar-refractivity contribution in [2.45, 2.75) is 12.8 Å². The number of fused-ring (bicyclic) bond motifs is 6. The average molecular weight is 666 g/mol. The number of para-hydroxylation sites is 2. The molecule has 0 spiro atoms. The quantitative estimate of drug-likeness (QED) is 0.188. The van der Waals surface area contributed by atoms with Crippen molar-refractivity contribution in [2.24, 2.45) is 0 Å². The van der Waals surface area contributed by atoms with Crippen LogP contribution in [0.1, 0.15) is 28.2 Å². The molecule has 0 saturated carbocycles. The van der Waals surface area contributed by atoms with Gasteiger partial charge in [0, 0.05) is 33.3 Å². The second-order valence-corrected chi connectivity index (χ2v) is 13.7. The van der Waals surface area contributed by atoms with Crippen molar-refractivity contribution < 1.29 is 4.74 Å². The Balaban J connectivity index is 1.11. The molecule has 0 bridgehead atoms. The number of aryl methyl sites for hydroxylation is 1. The van der Waals surface area contributed by atoms with Gasteiger partial charge in [0.2, 0.25) is 0 Å². The highest BCUT2D eigenvalue weighted by Gasteiger charge is 2.32. The Morgan fingerprint density at radius 2 is 1.02 bits per heavy atom. The number of rotatable bonds is 6. The predicted molar refractivity (Wildman–Crippen MR) is 216 cm³/mol. The number of aromatic nitrogens is 1. The van der Waals surface area contributed by atoms with Gasteiger partial charge in [-0.05, 0) is 105 Å². The van der Waals surface area contributed by atoms with E-state index in [4.69, 9.17) is 4.74 Å². The van der Waals surface area contributed by atoms with Crippen LogP contribution in [-0.4, -0.2) is 4.98 Å². The lowest BCUT2D eigenvalue weighted by molar-refractivity contribution is 0.484. The van der Waals surface area contributed by atoms with Crippen molar-refractivity contribution in [3.8, 4) is 56.0 Å². The molecule has 0 amide bonds. The fourth-order valence-corrected chi connectivity index (χ4v) is 8.34. The van der Waals surface area contributed by atoms with Gasteiger partial charge in [-0.1, -0.05) is 146 Å². The minimum Gasteiger partial charge on any atom is -0.457 e. The molecule has 1 unspecified atom stereocenters. The second-order valence-electron chi connectivity index (χ2n) is 13.7. The highest BCUT2D eigenvalue weighted by atomic mass is 16.5. The first-order chi connectivity index (χ1) is 25.7. The minimum atomic E-state index is 0.109. The molecular formula is C50H35NO. The van der Waals surface area contributed by atoms with Crippen molar-refractivity contribution >= 4 is 21.8 Å². The first-order valence-corrected chi connectivity index (χ1v) is 18.0. The van der Waals surface area contributed by atoms with Crippen molar-refractivity contribution in [3.05, 3.63) is 204 Å². The van der Waals surface area contributed by atoms with E-state index in [2.05, 4.69) is 164 Å². The third-order valence-electron chi connectivity index (χ3n) is 10.7. The van der Waals surface area contributed by atoms with Gasteiger partial charge in [0.1, 0.15) is 11.5 Å². The van der Waals surface area contributed by atoms with E-state index in [1.54, 1.807) is 0 Å². The Bertz CT molecular complexity index is 2790. The third kappa shape index (κ3) is 4.95. The molecule has 1 atom stereocenters. The van der Waals surface area contributed by atoms with Crippen LogP contribution in [-0.2, 0) is 0 Å². The summed E-state index contributed by atoms with van der Waals surface area (Å²) in [5.41, 5.74) is 17.2. The SMILES string of the molecule is Cc1ccccc1-c1ccc(-c2ccc3c(c2)-c2ccccc2C3c2ccccc2-c2cccc3[nH]c4ccccc4c23)cc1Oc1ccccc1. The molecule has 0 aliphatic heterocycles. The van der Waals surface area contributed by atoms with Crippen LogP contribution in [0.4, 0.5) is 0 Å². The Morgan fingerprint density at radius 3 is 1.83 bits per heavy atom. The van der Waals surface area contributed by atoms with Gasteiger partial charge in [0.05, 0.1) is 0 Å². The topological polar surface area (TPSA) is 25.0 Å². The average Bonchev–Trinajstić information content (AvgIpc) is 3.74. The molecule has 1 N–H and O–H groups in total. The standard InChI is InChI=1S/C50H35NO/c1-32-14-5-6-17-36(32)39-28-26-34(31-48(39)52-35-15-3-2-4-16-35)33-27-29-43-45(30-33)38-19-8-10-21-41(38)49(43)40-20-9-7-18-37(40)42-23-13-25-47-50(42)44-22-11-12-24-46(44)51-47/h2-31,49,51H,1H3. The Labute approximate surface area is 303 Å². The Hall–Kier alpha value is -6.64. The van der Waals surface area contributed by atoms with Crippen LogP contribution in [0.5, 0.6) is 11.5 Å². The zero-order valence-electron chi connectivity index (χ0n) is 28.8. The van der Waals surface area contributed by atoms with Gasteiger partial charge in [-0.3, -0.25) is 0 Å². The molecule has 0 fully saturated rings. The summed E-state index contributed by atoms with van der Waals surface area (Å²) in [6.45, 7) is 2.16. The number of benzene rings is 8. The van der Waals surface area contributed by atoms with Crippen LogP contribution in [0.25, 0.3) is 66.3 Å². The van der Waals surface area contributed by atoms with E-state index >= 15 is 0 Å². The number of hydrogen-bond donors (Lipinski definition) is 1. The molecule has 246 valence electrons. The number of hydrogen-bond acceptors (Lipinski definition) is 1. The molecule has 1 aliphatic rings. The lowest BCUT2D eigenvalue weighted by Gasteiger charge is -2.20. The number of ether oxygens (including phenoxy) is 1. The maximum Gasteiger partial charge on any atom is 0.135 e. The fourth-order valence-electron chi connectivity index (χ4n) is 8.34. The lowest BCUT2D eigenvalue weighted by atomic mass is 9.83. The van der Waals surface area contributed by atoms with Gasteiger partial charge >= 0.3 is 0 Å². The van der Waals surface area contributed by atoms with Crippen molar-refractivity contribution in [1.29, 1.82) is 0 Å². The summed E-state index contributed by atoms with van der Waals surface area (Å²) < 4.78 is 6.61. The lowest BCUT2D eigenvalue weighted by Crippen LogP contribution is -2.02. The third-order valence-corrected chi connectivity index (χ3v) is 10.7. The molecule has 2 heteroatoms. The highest BCUT2D eigenvalue weighted by Crippen LogP contribution is 2.52. The zero-order chi connectivity index (χ0) is 34.6. The largest absolute Gasteiger partial charge is 0.457 e. The van der Waals surface area contributed by atoms with Gasteiger partial charge < -0.3 is 9.72 Å². The first kappa shape index (κ1) is 30.2. The monoisotopic (exact) mass is 665 g/mol. The molecule has 9 aromatic rings. The summed E-state index contributed by atoms with van der Waals surface area (Å²) in [5.74, 6) is 1.77. The zero-order valence-corrected chi connectivity index (χ0v) is 28.8. The Morgan fingerprint density at radius 1 is 0.423 bits per heavy atom. The molecular weight excluding hydrogens is 631 g/mol. The summed E-state index contributed by atoms with van der Waals surface area (Å²) in [5, 5.41) is 2.53. The maximum absolute atomic E-state index is 6.61. The van der Waals surface area contributed by atoms with E-state index in [0.717, 1.165) is 33.7 Å². The van der Waals surface area contributed by atoms with E-state index in [0.29, 0.717) is 0 Å². The van der Waals surface area contributed by atoms with E-state index in [1.165, 1.54) is 66.4 Å². The van der Waals surface area contributed by atoms with Crippen LogP contribution in [0.2, 0.25) is 0 Å². The molecule has 1 aliphatic carbocycles. The van der Waals surface area contributed by atoms with Gasteiger partial charge in [-0.15, -0.1) is 0 Å². The van der Waals surface area contributed by atoms with Gasteiger partial charge in [-0.25, -0.2) is 0 Å². The maximum atomic E-state index is 6.61. The molecule has 10 rings (SSSR count). The highest BCUT2D eigenvalue weighted by molar-refractivity contribution is 6.14. The number of aromatic amines is 1. The molecule has 8 aromatic carbocycles. The summed E-state index contributed by atoms with van der Waals surface area (Å²) in [7, 11) is 0. The fraction of sp³-hybridized carbons (Fsp3) is 0.0400. The first-order valence-electron chi connectivity index (χ1n) is 18.0. The van der Waals surface area contributed by atoms with Crippen LogP contribution in [0.3, 0.4) is 0 Å². The van der Waals surface area contributed by atoms with Gasteiger partial charge in [0.15, 0.2) is 0 Å². The molecule has 1 heterocycles. The van der Waals surface area contributed by atoms with E-state index < -0.39 is 0 Å². The Kier molecular flexibility index (Phi) is 7.14. The van der Waals surface area contributed by atoms with E-state index in [9.17, 15) is 0 Å². The predicted octanol–water partition coefficient (Wildman–Crippen LogP) is 13.6. The smallest absolute Gasteiger partial charge is 0.135 e. The summed E-state index contributed by atoms with van der Waals surface area (Å²) >= 11 is 0. The van der Waals surface area contributed by atoms with Crippen LogP contribution in [0.15, 0.2) is 182 Å². The molecule has 0 saturated heterocycles. The van der Waals surface area contributed by atoms with Crippen LogP contribution >= 0.6 is 0 Å². The summed E-state index contributed by atoms with van der Waals surface area (Å²) in [6, 6.07) is 65.4. The molecule has 0 radical (unpaired) electrons. The van der Waals surface area contributed by atoms with Gasteiger partial charge in [-0.2, -0.15) is 0 Å². The molecule has 2 nitrogen and oxygen atoms in total. The summed E-state index contributed by atoms with van der Waals surface area (Å²) in [6.07, 6.45) is 0.